The summed E-state index contributed by atoms with van der Waals surface area (Å²) in [7, 11) is -3.00. The van der Waals surface area contributed by atoms with Gasteiger partial charge >= 0.3 is 6.18 Å². The molecule has 0 aliphatic carbocycles. The average Bonchev–Trinajstić information content (AvgIpc) is 2.70. The van der Waals surface area contributed by atoms with Crippen molar-refractivity contribution in [3.05, 3.63) is 29.8 Å². The van der Waals surface area contributed by atoms with Gasteiger partial charge in [0.15, 0.2) is 0 Å². The summed E-state index contributed by atoms with van der Waals surface area (Å²) in [6.07, 6.45) is -5.68. The first-order valence-corrected chi connectivity index (χ1v) is 12.1. The zero-order valence-corrected chi connectivity index (χ0v) is 20.4. The summed E-state index contributed by atoms with van der Waals surface area (Å²) >= 11 is 0. The number of likely N-dealkylation sites (N-methyl/N-ethyl adjacent to an activating group) is 1. The monoisotopic (exact) mass is 497 g/mol. The van der Waals surface area contributed by atoms with Crippen molar-refractivity contribution < 1.29 is 35.3 Å². The second-order valence-corrected chi connectivity index (χ2v) is 9.49. The second-order valence-electron chi connectivity index (χ2n) is 7.80. The third-order valence-electron chi connectivity index (χ3n) is 5.18. The first-order chi connectivity index (χ1) is 15.2. The van der Waals surface area contributed by atoms with E-state index in [-0.39, 0.29) is 0 Å². The molecule has 0 aliphatic rings. The van der Waals surface area contributed by atoms with Gasteiger partial charge in [0.25, 0.3) is 10.1 Å². The van der Waals surface area contributed by atoms with Gasteiger partial charge in [0.2, 0.25) is 11.2 Å². The number of carbonyl (C=O) groups excluding carboxylic acids is 1. The van der Waals surface area contributed by atoms with Gasteiger partial charge in [-0.25, -0.2) is 0 Å². The Balaban J connectivity index is 2.89. The number of hydrogen-bond acceptors (Lipinski definition) is 7. The van der Waals surface area contributed by atoms with Gasteiger partial charge in [0, 0.05) is 6.54 Å². The van der Waals surface area contributed by atoms with Gasteiger partial charge < -0.3 is 15.4 Å². The van der Waals surface area contributed by atoms with Crippen molar-refractivity contribution in [1.29, 1.82) is 0 Å². The van der Waals surface area contributed by atoms with E-state index in [0.29, 0.717) is 17.9 Å². The van der Waals surface area contributed by atoms with Crippen LogP contribution in [0.2, 0.25) is 0 Å². The largest absolute Gasteiger partial charge is 0.494 e. The van der Waals surface area contributed by atoms with Crippen LogP contribution in [0, 0.1) is 0 Å². The van der Waals surface area contributed by atoms with Crippen LogP contribution in [0.15, 0.2) is 24.3 Å². The Hall–Kier alpha value is -1.89. The zero-order valence-electron chi connectivity index (χ0n) is 19.6. The van der Waals surface area contributed by atoms with Crippen molar-refractivity contribution in [1.82, 2.24) is 9.80 Å². The molecule has 0 bridgehead atoms. The van der Waals surface area contributed by atoms with Gasteiger partial charge in [-0.05, 0) is 58.2 Å². The molecule has 0 spiro atoms. The molecule has 1 amide bonds. The van der Waals surface area contributed by atoms with Gasteiger partial charge in [-0.2, -0.15) is 21.6 Å². The van der Waals surface area contributed by atoms with E-state index in [2.05, 4.69) is 18.7 Å². The molecule has 12 heteroatoms. The van der Waals surface area contributed by atoms with E-state index < -0.39 is 39.6 Å². The topological polar surface area (TPSA) is 102 Å². The number of carbonyl (C=O) groups is 1. The Labute approximate surface area is 193 Å². The minimum atomic E-state index is -5.27. The number of hydrogen-bond donors (Lipinski definition) is 1. The smallest absolute Gasteiger partial charge is 0.409 e. The highest BCUT2D eigenvalue weighted by Crippen LogP contribution is 2.34. The molecule has 33 heavy (non-hydrogen) atoms. The second kappa shape index (κ2) is 12.5. The van der Waals surface area contributed by atoms with Gasteiger partial charge in [-0.3, -0.25) is 13.9 Å². The molecule has 0 aliphatic heterocycles. The molecule has 0 radical (unpaired) electrons. The lowest BCUT2D eigenvalue weighted by molar-refractivity contribution is -0.152. The number of primary amides is 1. The summed E-state index contributed by atoms with van der Waals surface area (Å²) < 4.78 is 76.5. The van der Waals surface area contributed by atoms with E-state index in [4.69, 9.17) is 14.7 Å². The van der Waals surface area contributed by atoms with E-state index in [1.807, 2.05) is 0 Å². The number of nitrogens with zero attached hydrogens (tertiary/aromatic N) is 2. The van der Waals surface area contributed by atoms with Crippen LogP contribution in [0.25, 0.3) is 0 Å². The first-order valence-electron chi connectivity index (χ1n) is 10.6. The predicted octanol–water partition coefficient (Wildman–Crippen LogP) is 2.55. The number of ether oxygens (including phenoxy) is 1. The van der Waals surface area contributed by atoms with Gasteiger partial charge in [-0.1, -0.05) is 26.0 Å². The van der Waals surface area contributed by atoms with Gasteiger partial charge in [0.1, 0.15) is 11.8 Å². The molecule has 0 fully saturated rings. The highest BCUT2D eigenvalue weighted by Gasteiger charge is 2.57. The lowest BCUT2D eigenvalue weighted by Crippen LogP contribution is -2.58. The highest BCUT2D eigenvalue weighted by atomic mass is 32.2. The first kappa shape index (κ1) is 29.1. The summed E-state index contributed by atoms with van der Waals surface area (Å²) in [6.45, 7) is 8.76. The van der Waals surface area contributed by atoms with Crippen LogP contribution in [0.1, 0.15) is 38.9 Å². The molecule has 8 nitrogen and oxygen atoms in total. The van der Waals surface area contributed by atoms with Crippen molar-refractivity contribution in [2.75, 3.05) is 40.3 Å². The summed E-state index contributed by atoms with van der Waals surface area (Å²) in [5.41, 5.74) is 5.38. The van der Waals surface area contributed by atoms with E-state index in [9.17, 15) is 26.4 Å². The van der Waals surface area contributed by atoms with Crippen molar-refractivity contribution in [3.63, 3.8) is 0 Å². The Morgan fingerprint density at radius 1 is 1.12 bits per heavy atom. The molecule has 2 N–H and O–H groups in total. The third kappa shape index (κ3) is 8.76. The Kier molecular flexibility index (Phi) is 11.1. The molecule has 0 saturated carbocycles. The quantitative estimate of drug-likeness (QED) is 0.311. The lowest BCUT2D eigenvalue weighted by atomic mass is 10.1. The summed E-state index contributed by atoms with van der Waals surface area (Å²) in [4.78, 5) is 14.7. The molecule has 0 saturated heterocycles. The summed E-state index contributed by atoms with van der Waals surface area (Å²) in [6, 6.07) is 4.06. The van der Waals surface area contributed by atoms with E-state index in [0.717, 1.165) is 45.1 Å². The molecule has 1 aromatic rings. The molecule has 190 valence electrons. The van der Waals surface area contributed by atoms with E-state index in [1.165, 1.54) is 19.1 Å². The number of benzene rings is 1. The Morgan fingerprint density at radius 2 is 1.67 bits per heavy atom. The molecule has 1 rings (SSSR count). The Bertz CT molecular complexity index is 844. The lowest BCUT2D eigenvalue weighted by Gasteiger charge is -2.31. The molecular formula is C21H34F3N3O5S. The molecule has 0 heterocycles. The SMILES string of the molecule is CCN(CC)CCCOc1ccc(C(C)OS(=O)(=O)C(C(C(N)=O)N(C)C)C(F)(F)F)cc1. The number of amides is 1. The van der Waals surface area contributed by atoms with Crippen LogP contribution in [-0.4, -0.2) is 81.9 Å². The highest BCUT2D eigenvalue weighted by molar-refractivity contribution is 7.87. The van der Waals surface area contributed by atoms with Crippen LogP contribution >= 0.6 is 0 Å². The summed E-state index contributed by atoms with van der Waals surface area (Å²) in [5.74, 6) is -0.882. The maximum atomic E-state index is 13.6. The standard InChI is InChI=1S/C21H34F3N3O5S/c1-6-27(7-2)13-8-14-31-17-11-9-16(10-12-17)15(3)32-33(29,30)19(21(22,23)24)18(20(25)28)26(4)5/h9-12,15,18-19H,6-8,13-14H2,1-5H3,(H2,25,28). The summed E-state index contributed by atoms with van der Waals surface area (Å²) in [5, 5.41) is -3.13. The number of halogens is 3. The molecular weight excluding hydrogens is 463 g/mol. The minimum absolute atomic E-state index is 0.329. The average molecular weight is 498 g/mol. The predicted molar refractivity (Wildman–Crippen MR) is 119 cm³/mol. The third-order valence-corrected chi connectivity index (χ3v) is 6.88. The Morgan fingerprint density at radius 3 is 2.09 bits per heavy atom. The number of alkyl halides is 3. The fraction of sp³-hybridized carbons (Fsp3) is 0.667. The minimum Gasteiger partial charge on any atom is -0.494 e. The van der Waals surface area contributed by atoms with E-state index >= 15 is 0 Å². The maximum Gasteiger partial charge on any atom is 0.409 e. The van der Waals surface area contributed by atoms with Crippen molar-refractivity contribution in [2.45, 2.75) is 50.8 Å². The van der Waals surface area contributed by atoms with Crippen LogP contribution < -0.4 is 10.5 Å². The fourth-order valence-electron chi connectivity index (χ4n) is 3.34. The van der Waals surface area contributed by atoms with Gasteiger partial charge in [-0.15, -0.1) is 0 Å². The maximum absolute atomic E-state index is 13.6. The fourth-order valence-corrected chi connectivity index (χ4v) is 5.00. The number of nitrogens with two attached hydrogens (primary N) is 1. The van der Waals surface area contributed by atoms with Gasteiger partial charge in [0.05, 0.1) is 12.7 Å². The van der Waals surface area contributed by atoms with Crippen molar-refractivity contribution in [2.24, 2.45) is 5.73 Å². The number of rotatable bonds is 14. The van der Waals surface area contributed by atoms with Crippen LogP contribution in [0.4, 0.5) is 13.2 Å². The molecule has 3 atom stereocenters. The zero-order chi connectivity index (χ0) is 25.4. The van der Waals surface area contributed by atoms with Crippen LogP contribution in [-0.2, 0) is 19.1 Å². The van der Waals surface area contributed by atoms with Crippen molar-refractivity contribution in [3.8, 4) is 5.75 Å². The van der Waals surface area contributed by atoms with Crippen LogP contribution in [0.3, 0.4) is 0 Å². The normalized spacial score (nSPS) is 15.5. The van der Waals surface area contributed by atoms with Crippen molar-refractivity contribution >= 4 is 16.0 Å². The molecule has 1 aromatic carbocycles. The van der Waals surface area contributed by atoms with Crippen LogP contribution in [0.5, 0.6) is 5.75 Å². The molecule has 3 unspecified atom stereocenters. The molecule has 0 aromatic heterocycles. The van der Waals surface area contributed by atoms with E-state index in [1.54, 1.807) is 12.1 Å².